The van der Waals surface area contributed by atoms with Crippen LogP contribution in [0.15, 0.2) is 36.5 Å². The summed E-state index contributed by atoms with van der Waals surface area (Å²) >= 11 is 0. The van der Waals surface area contributed by atoms with Crippen LogP contribution in [-0.4, -0.2) is 11.0 Å². The van der Waals surface area contributed by atoms with Crippen LogP contribution in [0.4, 0.5) is 0 Å². The van der Waals surface area contributed by atoms with Crippen molar-refractivity contribution in [1.82, 2.24) is 4.98 Å². The normalized spacial score (nSPS) is 24.3. The van der Waals surface area contributed by atoms with Crippen LogP contribution < -0.4 is 5.73 Å². The Hall–Kier alpha value is -1.41. The fourth-order valence-electron chi connectivity index (χ4n) is 2.95. The fraction of sp³-hybridized carbons (Fsp3) is 0.438. The third kappa shape index (κ3) is 2.54. The standard InChI is InChI=1S/C16H20N2/c17-15-7-5-12(6-8-15)9-13-10-14-3-1-2-4-16(14)18-11-13/h1-4,10-12,15H,5-9,17H2. The van der Waals surface area contributed by atoms with Gasteiger partial charge in [0.2, 0.25) is 0 Å². The molecule has 0 saturated heterocycles. The highest BCUT2D eigenvalue weighted by Gasteiger charge is 2.18. The highest BCUT2D eigenvalue weighted by molar-refractivity contribution is 5.78. The van der Waals surface area contributed by atoms with Crippen LogP contribution in [0.3, 0.4) is 0 Å². The molecule has 1 aromatic carbocycles. The third-order valence-electron chi connectivity index (χ3n) is 4.06. The molecule has 0 unspecified atom stereocenters. The number of fused-ring (bicyclic) bond motifs is 1. The minimum Gasteiger partial charge on any atom is -0.328 e. The van der Waals surface area contributed by atoms with Crippen molar-refractivity contribution in [1.29, 1.82) is 0 Å². The number of hydrogen-bond donors (Lipinski definition) is 1. The minimum atomic E-state index is 0.441. The molecule has 0 radical (unpaired) electrons. The van der Waals surface area contributed by atoms with Gasteiger partial charge in [-0.1, -0.05) is 18.2 Å². The van der Waals surface area contributed by atoms with Crippen molar-refractivity contribution in [2.75, 3.05) is 0 Å². The van der Waals surface area contributed by atoms with Gasteiger partial charge in [0.15, 0.2) is 0 Å². The Bertz CT molecular complexity index is 527. The lowest BCUT2D eigenvalue weighted by atomic mass is 9.83. The van der Waals surface area contributed by atoms with E-state index in [-0.39, 0.29) is 0 Å². The van der Waals surface area contributed by atoms with Crippen LogP contribution in [0.2, 0.25) is 0 Å². The molecular formula is C16H20N2. The van der Waals surface area contributed by atoms with E-state index in [2.05, 4.69) is 29.2 Å². The van der Waals surface area contributed by atoms with Crippen LogP contribution in [0, 0.1) is 5.92 Å². The van der Waals surface area contributed by atoms with E-state index in [0.29, 0.717) is 6.04 Å². The molecule has 1 heterocycles. The molecule has 18 heavy (non-hydrogen) atoms. The van der Waals surface area contributed by atoms with Crippen molar-refractivity contribution in [3.05, 3.63) is 42.1 Å². The van der Waals surface area contributed by atoms with Crippen molar-refractivity contribution in [2.45, 2.75) is 38.1 Å². The van der Waals surface area contributed by atoms with Crippen LogP contribution in [0.1, 0.15) is 31.2 Å². The maximum Gasteiger partial charge on any atom is 0.0702 e. The molecule has 0 aliphatic heterocycles. The lowest BCUT2D eigenvalue weighted by Gasteiger charge is -2.26. The molecule has 1 fully saturated rings. The number of benzene rings is 1. The highest BCUT2D eigenvalue weighted by Crippen LogP contribution is 2.27. The molecule has 0 atom stereocenters. The van der Waals surface area contributed by atoms with Gasteiger partial charge in [-0.15, -0.1) is 0 Å². The van der Waals surface area contributed by atoms with Crippen LogP contribution in [0.25, 0.3) is 10.9 Å². The number of nitrogens with two attached hydrogens (primary N) is 1. The molecule has 2 heteroatoms. The first-order valence-corrected chi connectivity index (χ1v) is 6.90. The first-order chi connectivity index (χ1) is 8.81. The average Bonchev–Trinajstić information content (AvgIpc) is 2.41. The Labute approximate surface area is 108 Å². The van der Waals surface area contributed by atoms with Crippen molar-refractivity contribution in [2.24, 2.45) is 11.7 Å². The Morgan fingerprint density at radius 2 is 1.89 bits per heavy atom. The lowest BCUT2D eigenvalue weighted by Crippen LogP contribution is -2.27. The molecule has 1 saturated carbocycles. The summed E-state index contributed by atoms with van der Waals surface area (Å²) in [5, 5.41) is 1.25. The van der Waals surface area contributed by atoms with Crippen molar-refractivity contribution in [3.63, 3.8) is 0 Å². The van der Waals surface area contributed by atoms with Gasteiger partial charge in [-0.05, 0) is 55.7 Å². The van der Waals surface area contributed by atoms with Gasteiger partial charge in [-0.3, -0.25) is 4.98 Å². The second-order valence-electron chi connectivity index (χ2n) is 5.52. The van der Waals surface area contributed by atoms with E-state index in [1.165, 1.54) is 36.6 Å². The molecule has 3 rings (SSSR count). The Kier molecular flexibility index (Phi) is 3.28. The zero-order valence-corrected chi connectivity index (χ0v) is 10.7. The summed E-state index contributed by atoms with van der Waals surface area (Å²) < 4.78 is 0. The van der Waals surface area contributed by atoms with E-state index >= 15 is 0 Å². The van der Waals surface area contributed by atoms with E-state index < -0.39 is 0 Å². The molecule has 2 aromatic rings. The minimum absolute atomic E-state index is 0.441. The van der Waals surface area contributed by atoms with Gasteiger partial charge in [0.05, 0.1) is 5.52 Å². The Morgan fingerprint density at radius 3 is 2.72 bits per heavy atom. The van der Waals surface area contributed by atoms with Gasteiger partial charge in [0.1, 0.15) is 0 Å². The van der Waals surface area contributed by atoms with E-state index in [0.717, 1.165) is 17.9 Å². The predicted octanol–water partition coefficient (Wildman–Crippen LogP) is 3.29. The van der Waals surface area contributed by atoms with Crippen LogP contribution in [0.5, 0.6) is 0 Å². The van der Waals surface area contributed by atoms with Gasteiger partial charge in [-0.25, -0.2) is 0 Å². The summed E-state index contributed by atoms with van der Waals surface area (Å²) in [6.07, 6.45) is 8.11. The molecule has 0 amide bonds. The highest BCUT2D eigenvalue weighted by atomic mass is 14.7. The molecule has 1 aliphatic rings. The van der Waals surface area contributed by atoms with Gasteiger partial charge in [-0.2, -0.15) is 0 Å². The summed E-state index contributed by atoms with van der Waals surface area (Å²) in [5.41, 5.74) is 8.41. The van der Waals surface area contributed by atoms with Crippen LogP contribution in [-0.2, 0) is 6.42 Å². The predicted molar refractivity (Wildman–Crippen MR) is 75.4 cm³/mol. The Morgan fingerprint density at radius 1 is 1.11 bits per heavy atom. The van der Waals surface area contributed by atoms with Gasteiger partial charge in [0.25, 0.3) is 0 Å². The number of pyridine rings is 1. The fourth-order valence-corrected chi connectivity index (χ4v) is 2.95. The molecule has 2 nitrogen and oxygen atoms in total. The zero-order chi connectivity index (χ0) is 12.4. The summed E-state index contributed by atoms with van der Waals surface area (Å²) in [7, 11) is 0. The first-order valence-electron chi connectivity index (χ1n) is 6.90. The lowest BCUT2D eigenvalue weighted by molar-refractivity contribution is 0.325. The second-order valence-corrected chi connectivity index (χ2v) is 5.52. The average molecular weight is 240 g/mol. The topological polar surface area (TPSA) is 38.9 Å². The second kappa shape index (κ2) is 5.07. The summed E-state index contributed by atoms with van der Waals surface area (Å²) in [5.74, 6) is 0.799. The zero-order valence-electron chi connectivity index (χ0n) is 10.7. The third-order valence-corrected chi connectivity index (χ3v) is 4.06. The van der Waals surface area contributed by atoms with Crippen molar-refractivity contribution >= 4 is 10.9 Å². The van der Waals surface area contributed by atoms with Crippen LogP contribution >= 0.6 is 0 Å². The largest absolute Gasteiger partial charge is 0.328 e. The van der Waals surface area contributed by atoms with E-state index in [1.54, 1.807) is 0 Å². The summed E-state index contributed by atoms with van der Waals surface area (Å²) in [4.78, 5) is 4.54. The van der Waals surface area contributed by atoms with Gasteiger partial charge >= 0.3 is 0 Å². The monoisotopic (exact) mass is 240 g/mol. The molecular weight excluding hydrogens is 220 g/mol. The number of rotatable bonds is 2. The molecule has 2 N–H and O–H groups in total. The maximum absolute atomic E-state index is 5.95. The number of aromatic nitrogens is 1. The number of hydrogen-bond acceptors (Lipinski definition) is 2. The Balaban J connectivity index is 1.74. The summed E-state index contributed by atoms with van der Waals surface area (Å²) in [6, 6.07) is 11.1. The van der Waals surface area contributed by atoms with Crippen molar-refractivity contribution < 1.29 is 0 Å². The van der Waals surface area contributed by atoms with E-state index in [1.807, 2.05) is 12.3 Å². The van der Waals surface area contributed by atoms with E-state index in [9.17, 15) is 0 Å². The smallest absolute Gasteiger partial charge is 0.0702 e. The SMILES string of the molecule is NC1CCC(Cc2cnc3ccccc3c2)CC1. The van der Waals surface area contributed by atoms with E-state index in [4.69, 9.17) is 5.73 Å². The first kappa shape index (κ1) is 11.7. The summed E-state index contributed by atoms with van der Waals surface area (Å²) in [6.45, 7) is 0. The number of para-hydroxylation sites is 1. The molecule has 1 aliphatic carbocycles. The van der Waals surface area contributed by atoms with Crippen molar-refractivity contribution in [3.8, 4) is 0 Å². The molecule has 94 valence electrons. The number of nitrogens with zero attached hydrogens (tertiary/aromatic N) is 1. The van der Waals surface area contributed by atoms with Gasteiger partial charge in [0, 0.05) is 17.6 Å². The molecule has 0 bridgehead atoms. The molecule has 0 spiro atoms. The quantitative estimate of drug-likeness (QED) is 0.874. The maximum atomic E-state index is 5.95. The molecule has 1 aromatic heterocycles. The van der Waals surface area contributed by atoms with Gasteiger partial charge < -0.3 is 5.73 Å².